The number of nitrogens with zero attached hydrogens (tertiary/aromatic N) is 3. The van der Waals surface area contributed by atoms with Gasteiger partial charge in [-0.3, -0.25) is 0 Å². The summed E-state index contributed by atoms with van der Waals surface area (Å²) in [6.07, 6.45) is 4.79. The van der Waals surface area contributed by atoms with Crippen LogP contribution in [0, 0.1) is 5.41 Å². The van der Waals surface area contributed by atoms with Crippen LogP contribution in [0.5, 0.6) is 0 Å². The zero-order valence-electron chi connectivity index (χ0n) is 11.8. The first-order chi connectivity index (χ1) is 9.27. The van der Waals surface area contributed by atoms with Crippen molar-refractivity contribution in [3.8, 4) is 0 Å². The molecule has 8 heteroatoms. The molecule has 0 aliphatic rings. The summed E-state index contributed by atoms with van der Waals surface area (Å²) in [4.78, 5) is 8.11. The standard InChI is InChI=1S/C12H18N4O3S/c1-12(2,4-5-20(3,17)18)7-13-10-9-6-16-19-11(9)15-8-14-10/h6,8H,4-5,7H2,1-3H3,(H,13,14,15). The van der Waals surface area contributed by atoms with E-state index >= 15 is 0 Å². The fraction of sp³-hybridized carbons (Fsp3) is 0.583. The highest BCUT2D eigenvalue weighted by molar-refractivity contribution is 7.90. The molecule has 0 atom stereocenters. The van der Waals surface area contributed by atoms with E-state index in [4.69, 9.17) is 4.52 Å². The van der Waals surface area contributed by atoms with Gasteiger partial charge in [0.15, 0.2) is 0 Å². The Kier molecular flexibility index (Phi) is 3.94. The van der Waals surface area contributed by atoms with E-state index in [0.29, 0.717) is 29.9 Å². The largest absolute Gasteiger partial charge is 0.369 e. The average molecular weight is 298 g/mol. The number of hydrogen-bond donors (Lipinski definition) is 1. The molecule has 0 saturated carbocycles. The molecule has 0 spiro atoms. The Bertz CT molecular complexity index is 694. The lowest BCUT2D eigenvalue weighted by molar-refractivity contribution is 0.377. The van der Waals surface area contributed by atoms with E-state index in [2.05, 4.69) is 20.4 Å². The molecule has 7 nitrogen and oxygen atoms in total. The number of anilines is 1. The van der Waals surface area contributed by atoms with Crippen molar-refractivity contribution < 1.29 is 12.9 Å². The number of rotatable bonds is 6. The van der Waals surface area contributed by atoms with Crippen molar-refractivity contribution >= 4 is 26.8 Å². The molecule has 0 fully saturated rings. The van der Waals surface area contributed by atoms with Crippen molar-refractivity contribution in [2.45, 2.75) is 20.3 Å². The van der Waals surface area contributed by atoms with E-state index in [1.807, 2.05) is 13.8 Å². The van der Waals surface area contributed by atoms with Crippen LogP contribution < -0.4 is 5.32 Å². The van der Waals surface area contributed by atoms with Crippen LogP contribution >= 0.6 is 0 Å². The topological polar surface area (TPSA) is 98.0 Å². The minimum absolute atomic E-state index is 0.169. The fourth-order valence-electron chi connectivity index (χ4n) is 1.71. The summed E-state index contributed by atoms with van der Waals surface area (Å²) in [5.41, 5.74) is 0.258. The van der Waals surface area contributed by atoms with Gasteiger partial charge < -0.3 is 9.84 Å². The molecule has 0 radical (unpaired) electrons. The van der Waals surface area contributed by atoms with Gasteiger partial charge in [0.05, 0.1) is 11.9 Å². The molecule has 0 aromatic carbocycles. The van der Waals surface area contributed by atoms with E-state index in [1.165, 1.54) is 12.6 Å². The van der Waals surface area contributed by atoms with Gasteiger partial charge in [-0.15, -0.1) is 0 Å². The second-order valence-corrected chi connectivity index (χ2v) is 7.92. The summed E-state index contributed by atoms with van der Waals surface area (Å²) >= 11 is 0. The monoisotopic (exact) mass is 298 g/mol. The molecule has 2 rings (SSSR count). The molecule has 0 aliphatic carbocycles. The van der Waals surface area contributed by atoms with Crippen molar-refractivity contribution in [3.63, 3.8) is 0 Å². The quantitative estimate of drug-likeness (QED) is 0.862. The Balaban J connectivity index is 2.02. The number of sulfone groups is 1. The third kappa shape index (κ3) is 3.89. The van der Waals surface area contributed by atoms with E-state index in [0.717, 1.165) is 0 Å². The molecular formula is C12H18N4O3S. The summed E-state index contributed by atoms with van der Waals surface area (Å²) in [5.74, 6) is 0.817. The molecule has 2 heterocycles. The van der Waals surface area contributed by atoms with Gasteiger partial charge in [-0.2, -0.15) is 4.98 Å². The molecule has 0 bridgehead atoms. The Morgan fingerprint density at radius 3 is 2.80 bits per heavy atom. The molecule has 1 N–H and O–H groups in total. The zero-order chi connectivity index (χ0) is 14.8. The van der Waals surface area contributed by atoms with E-state index in [9.17, 15) is 8.42 Å². The molecule has 2 aromatic heterocycles. The Hall–Kier alpha value is -1.70. The van der Waals surface area contributed by atoms with Gasteiger partial charge in [0.2, 0.25) is 0 Å². The maximum atomic E-state index is 11.2. The van der Waals surface area contributed by atoms with Crippen LogP contribution in [-0.4, -0.2) is 42.1 Å². The summed E-state index contributed by atoms with van der Waals surface area (Å²) in [7, 11) is -2.94. The zero-order valence-corrected chi connectivity index (χ0v) is 12.6. The van der Waals surface area contributed by atoms with Gasteiger partial charge in [0.25, 0.3) is 5.71 Å². The lowest BCUT2D eigenvalue weighted by atomic mass is 9.90. The van der Waals surface area contributed by atoms with Crippen LogP contribution in [-0.2, 0) is 9.84 Å². The van der Waals surface area contributed by atoms with Crippen LogP contribution in [0.25, 0.3) is 11.1 Å². The molecular weight excluding hydrogens is 280 g/mol. The molecule has 0 unspecified atom stereocenters. The third-order valence-corrected chi connectivity index (χ3v) is 4.00. The van der Waals surface area contributed by atoms with Gasteiger partial charge >= 0.3 is 0 Å². The predicted molar refractivity (Wildman–Crippen MR) is 76.2 cm³/mol. The van der Waals surface area contributed by atoms with Crippen molar-refractivity contribution in [2.75, 3.05) is 23.9 Å². The molecule has 0 amide bonds. The van der Waals surface area contributed by atoms with Crippen molar-refractivity contribution in [3.05, 3.63) is 12.5 Å². The van der Waals surface area contributed by atoms with Crippen molar-refractivity contribution in [2.24, 2.45) is 5.41 Å². The highest BCUT2D eigenvalue weighted by Gasteiger charge is 2.21. The molecule has 0 saturated heterocycles. The minimum Gasteiger partial charge on any atom is -0.369 e. The first-order valence-corrected chi connectivity index (χ1v) is 8.30. The number of hydrogen-bond acceptors (Lipinski definition) is 7. The highest BCUT2D eigenvalue weighted by Crippen LogP contribution is 2.24. The maximum absolute atomic E-state index is 11.2. The normalized spacial score (nSPS) is 12.8. The SMILES string of the molecule is CC(C)(CCS(C)(=O)=O)CNc1ncnc2oncc12. The maximum Gasteiger partial charge on any atom is 0.262 e. The van der Waals surface area contributed by atoms with Gasteiger partial charge in [-0.1, -0.05) is 19.0 Å². The summed E-state index contributed by atoms with van der Waals surface area (Å²) in [6.45, 7) is 4.62. The van der Waals surface area contributed by atoms with Gasteiger partial charge in [0, 0.05) is 12.8 Å². The summed E-state index contributed by atoms with van der Waals surface area (Å²) in [6, 6.07) is 0. The lowest BCUT2D eigenvalue weighted by Gasteiger charge is -2.24. The number of fused-ring (bicyclic) bond motifs is 1. The van der Waals surface area contributed by atoms with E-state index in [-0.39, 0.29) is 11.2 Å². The molecule has 0 aliphatic heterocycles. The van der Waals surface area contributed by atoms with Crippen LogP contribution in [0.3, 0.4) is 0 Å². The fourth-order valence-corrected chi connectivity index (χ4v) is 2.63. The van der Waals surface area contributed by atoms with Crippen LogP contribution in [0.15, 0.2) is 17.0 Å². The Morgan fingerprint density at radius 2 is 2.10 bits per heavy atom. The molecule has 2 aromatic rings. The second-order valence-electron chi connectivity index (χ2n) is 5.66. The van der Waals surface area contributed by atoms with Gasteiger partial charge in [0.1, 0.15) is 27.4 Å². The molecule has 20 heavy (non-hydrogen) atoms. The predicted octanol–water partition coefficient (Wildman–Crippen LogP) is 1.49. The number of nitrogens with one attached hydrogen (secondary N) is 1. The lowest BCUT2D eigenvalue weighted by Crippen LogP contribution is -2.26. The van der Waals surface area contributed by atoms with Crippen molar-refractivity contribution in [1.29, 1.82) is 0 Å². The average Bonchev–Trinajstić information content (AvgIpc) is 2.82. The molecule has 110 valence electrons. The minimum atomic E-state index is -2.94. The van der Waals surface area contributed by atoms with Gasteiger partial charge in [-0.25, -0.2) is 13.4 Å². The smallest absolute Gasteiger partial charge is 0.262 e. The van der Waals surface area contributed by atoms with Gasteiger partial charge in [-0.05, 0) is 11.8 Å². The first kappa shape index (κ1) is 14.7. The summed E-state index contributed by atoms with van der Waals surface area (Å²) < 4.78 is 27.4. The Morgan fingerprint density at radius 1 is 1.35 bits per heavy atom. The van der Waals surface area contributed by atoms with Crippen LogP contribution in [0.1, 0.15) is 20.3 Å². The highest BCUT2D eigenvalue weighted by atomic mass is 32.2. The first-order valence-electron chi connectivity index (χ1n) is 6.24. The number of aromatic nitrogens is 3. The van der Waals surface area contributed by atoms with Crippen molar-refractivity contribution in [1.82, 2.24) is 15.1 Å². The van der Waals surface area contributed by atoms with E-state index in [1.54, 1.807) is 6.20 Å². The van der Waals surface area contributed by atoms with Crippen LogP contribution in [0.4, 0.5) is 5.82 Å². The van der Waals surface area contributed by atoms with E-state index < -0.39 is 9.84 Å². The van der Waals surface area contributed by atoms with Crippen LogP contribution in [0.2, 0.25) is 0 Å². The second kappa shape index (κ2) is 5.35. The Labute approximate surface area is 117 Å². The summed E-state index contributed by atoms with van der Waals surface area (Å²) in [5, 5.41) is 7.60. The third-order valence-electron chi connectivity index (χ3n) is 3.05.